The fraction of sp³-hybridized carbons (Fsp3) is 0.909. The van der Waals surface area contributed by atoms with Gasteiger partial charge in [-0.1, -0.05) is 20.3 Å². The predicted molar refractivity (Wildman–Crippen MR) is 57.9 cm³/mol. The number of nitrogens with zero attached hydrogens (tertiary/aromatic N) is 1. The largest absolute Gasteiger partial charge is 0.338 e. The number of amides is 1. The smallest absolute Gasteiger partial charge is 0.223 e. The number of carbonyl (C=O) groups is 1. The van der Waals surface area contributed by atoms with Gasteiger partial charge in [-0.25, -0.2) is 0 Å². The van der Waals surface area contributed by atoms with Crippen molar-refractivity contribution in [2.45, 2.75) is 45.6 Å². The van der Waals surface area contributed by atoms with E-state index in [0.717, 1.165) is 25.8 Å². The summed E-state index contributed by atoms with van der Waals surface area (Å²) in [5, 5.41) is 0. The fourth-order valence-electron chi connectivity index (χ4n) is 1.97. The van der Waals surface area contributed by atoms with Gasteiger partial charge >= 0.3 is 0 Å². The van der Waals surface area contributed by atoms with E-state index >= 15 is 0 Å². The fourth-order valence-corrected chi connectivity index (χ4v) is 1.97. The van der Waals surface area contributed by atoms with Gasteiger partial charge in [0, 0.05) is 25.6 Å². The molecule has 1 aliphatic rings. The highest BCUT2D eigenvalue weighted by Crippen LogP contribution is 2.19. The van der Waals surface area contributed by atoms with Crippen molar-refractivity contribution < 1.29 is 4.79 Å². The van der Waals surface area contributed by atoms with E-state index in [1.165, 1.54) is 0 Å². The van der Waals surface area contributed by atoms with Gasteiger partial charge in [-0.05, 0) is 18.8 Å². The van der Waals surface area contributed by atoms with Crippen LogP contribution in [0.5, 0.6) is 0 Å². The van der Waals surface area contributed by atoms with Gasteiger partial charge in [0.05, 0.1) is 0 Å². The Bertz CT molecular complexity index is 194. The normalized spacial score (nSPS) is 23.9. The maximum absolute atomic E-state index is 11.9. The van der Waals surface area contributed by atoms with Crippen LogP contribution in [0.3, 0.4) is 0 Å². The summed E-state index contributed by atoms with van der Waals surface area (Å²) in [7, 11) is 0. The third-order valence-corrected chi connectivity index (χ3v) is 3.19. The zero-order valence-electron chi connectivity index (χ0n) is 9.33. The SMILES string of the molecule is CCC(C)CC(=O)N1CCCC1CN. The Morgan fingerprint density at radius 3 is 2.93 bits per heavy atom. The first-order valence-electron chi connectivity index (χ1n) is 5.68. The zero-order valence-corrected chi connectivity index (χ0v) is 9.33. The van der Waals surface area contributed by atoms with Crippen molar-refractivity contribution in [1.82, 2.24) is 4.90 Å². The Morgan fingerprint density at radius 1 is 1.64 bits per heavy atom. The van der Waals surface area contributed by atoms with Crippen LogP contribution in [0.2, 0.25) is 0 Å². The highest BCUT2D eigenvalue weighted by atomic mass is 16.2. The minimum absolute atomic E-state index is 0.298. The molecule has 0 saturated carbocycles. The molecule has 1 fully saturated rings. The molecule has 2 unspecified atom stereocenters. The molecular weight excluding hydrogens is 176 g/mol. The molecule has 0 bridgehead atoms. The van der Waals surface area contributed by atoms with Crippen LogP contribution in [0.25, 0.3) is 0 Å². The minimum atomic E-state index is 0.298. The average Bonchev–Trinajstić information content (AvgIpc) is 2.65. The molecule has 0 aliphatic carbocycles. The lowest BCUT2D eigenvalue weighted by Crippen LogP contribution is -2.40. The summed E-state index contributed by atoms with van der Waals surface area (Å²) < 4.78 is 0. The Balaban J connectivity index is 2.43. The van der Waals surface area contributed by atoms with Gasteiger partial charge in [0.1, 0.15) is 0 Å². The Labute approximate surface area is 86.6 Å². The molecule has 1 aliphatic heterocycles. The van der Waals surface area contributed by atoms with E-state index in [0.29, 0.717) is 30.8 Å². The van der Waals surface area contributed by atoms with E-state index < -0.39 is 0 Å². The number of likely N-dealkylation sites (tertiary alicyclic amines) is 1. The van der Waals surface area contributed by atoms with Crippen LogP contribution < -0.4 is 5.73 Å². The lowest BCUT2D eigenvalue weighted by atomic mass is 10.0. The highest BCUT2D eigenvalue weighted by molar-refractivity contribution is 5.77. The van der Waals surface area contributed by atoms with Gasteiger partial charge in [0.15, 0.2) is 0 Å². The second-order valence-corrected chi connectivity index (χ2v) is 4.34. The Hall–Kier alpha value is -0.570. The highest BCUT2D eigenvalue weighted by Gasteiger charge is 2.27. The van der Waals surface area contributed by atoms with E-state index in [4.69, 9.17) is 5.73 Å². The summed E-state index contributed by atoms with van der Waals surface area (Å²) in [4.78, 5) is 13.8. The van der Waals surface area contributed by atoms with Gasteiger partial charge in [-0.3, -0.25) is 4.79 Å². The zero-order chi connectivity index (χ0) is 10.6. The van der Waals surface area contributed by atoms with Gasteiger partial charge in [-0.2, -0.15) is 0 Å². The van der Waals surface area contributed by atoms with Gasteiger partial charge in [0.2, 0.25) is 5.91 Å². The third kappa shape index (κ3) is 2.71. The minimum Gasteiger partial charge on any atom is -0.338 e. The van der Waals surface area contributed by atoms with Crippen LogP contribution in [0.15, 0.2) is 0 Å². The van der Waals surface area contributed by atoms with E-state index in [1.54, 1.807) is 0 Å². The molecule has 14 heavy (non-hydrogen) atoms. The average molecular weight is 198 g/mol. The lowest BCUT2D eigenvalue weighted by molar-refractivity contribution is -0.132. The first-order valence-corrected chi connectivity index (χ1v) is 5.68. The van der Waals surface area contributed by atoms with Crippen molar-refractivity contribution in [3.05, 3.63) is 0 Å². The number of hydrogen-bond donors (Lipinski definition) is 1. The van der Waals surface area contributed by atoms with Crippen LogP contribution in [0.1, 0.15) is 39.5 Å². The maximum Gasteiger partial charge on any atom is 0.223 e. The van der Waals surface area contributed by atoms with Crippen LogP contribution in [-0.4, -0.2) is 29.9 Å². The molecule has 3 heteroatoms. The summed E-state index contributed by atoms with van der Waals surface area (Å²) in [6.07, 6.45) is 3.97. The quantitative estimate of drug-likeness (QED) is 0.741. The predicted octanol–water partition coefficient (Wildman–Crippen LogP) is 1.37. The molecule has 82 valence electrons. The summed E-state index contributed by atoms with van der Waals surface area (Å²) in [6.45, 7) is 5.79. The van der Waals surface area contributed by atoms with Crippen molar-refractivity contribution in [2.75, 3.05) is 13.1 Å². The maximum atomic E-state index is 11.9. The van der Waals surface area contributed by atoms with Gasteiger partial charge in [-0.15, -0.1) is 0 Å². The second kappa shape index (κ2) is 5.35. The van der Waals surface area contributed by atoms with Crippen LogP contribution in [-0.2, 0) is 4.79 Å². The van der Waals surface area contributed by atoms with E-state index in [1.807, 2.05) is 4.90 Å². The summed E-state index contributed by atoms with van der Waals surface area (Å²) in [6, 6.07) is 0.312. The molecule has 0 aromatic heterocycles. The third-order valence-electron chi connectivity index (χ3n) is 3.19. The molecule has 3 nitrogen and oxygen atoms in total. The van der Waals surface area contributed by atoms with Crippen molar-refractivity contribution in [2.24, 2.45) is 11.7 Å². The van der Waals surface area contributed by atoms with Gasteiger partial charge in [0.25, 0.3) is 0 Å². The molecular formula is C11H22N2O. The Kier molecular flexibility index (Phi) is 4.39. The van der Waals surface area contributed by atoms with E-state index in [9.17, 15) is 4.79 Å². The molecule has 2 N–H and O–H groups in total. The van der Waals surface area contributed by atoms with Crippen LogP contribution in [0.4, 0.5) is 0 Å². The molecule has 0 radical (unpaired) electrons. The molecule has 1 heterocycles. The number of rotatable bonds is 4. The van der Waals surface area contributed by atoms with Crippen molar-refractivity contribution in [1.29, 1.82) is 0 Å². The number of carbonyl (C=O) groups excluding carboxylic acids is 1. The van der Waals surface area contributed by atoms with Crippen molar-refractivity contribution in [3.63, 3.8) is 0 Å². The second-order valence-electron chi connectivity index (χ2n) is 4.34. The molecule has 0 aromatic rings. The van der Waals surface area contributed by atoms with E-state index in [-0.39, 0.29) is 0 Å². The molecule has 1 amide bonds. The lowest BCUT2D eigenvalue weighted by Gasteiger charge is -2.24. The van der Waals surface area contributed by atoms with Crippen LogP contribution in [0, 0.1) is 5.92 Å². The summed E-state index contributed by atoms with van der Waals surface area (Å²) in [5.41, 5.74) is 5.63. The van der Waals surface area contributed by atoms with Gasteiger partial charge < -0.3 is 10.6 Å². The van der Waals surface area contributed by atoms with Crippen LogP contribution >= 0.6 is 0 Å². The summed E-state index contributed by atoms with van der Waals surface area (Å²) >= 11 is 0. The summed E-state index contributed by atoms with van der Waals surface area (Å²) in [5.74, 6) is 0.800. The molecule has 0 aromatic carbocycles. The molecule has 2 atom stereocenters. The van der Waals surface area contributed by atoms with Crippen molar-refractivity contribution >= 4 is 5.91 Å². The molecule has 1 saturated heterocycles. The molecule has 0 spiro atoms. The monoisotopic (exact) mass is 198 g/mol. The number of nitrogens with two attached hydrogens (primary N) is 1. The standard InChI is InChI=1S/C11H22N2O/c1-3-9(2)7-11(14)13-6-4-5-10(13)8-12/h9-10H,3-8,12H2,1-2H3. The topological polar surface area (TPSA) is 46.3 Å². The van der Waals surface area contributed by atoms with E-state index in [2.05, 4.69) is 13.8 Å². The Morgan fingerprint density at radius 2 is 2.36 bits per heavy atom. The number of hydrogen-bond acceptors (Lipinski definition) is 2. The van der Waals surface area contributed by atoms with Crippen molar-refractivity contribution in [3.8, 4) is 0 Å². The first-order chi connectivity index (χ1) is 6.69. The molecule has 1 rings (SSSR count). The first kappa shape index (κ1) is 11.5.